The number of fused-ring (bicyclic) bond motifs is 1. The molecule has 0 heterocycles. The second kappa shape index (κ2) is 2.67. The van der Waals surface area contributed by atoms with Crippen LogP contribution in [0.5, 0.6) is 0 Å². The van der Waals surface area contributed by atoms with E-state index in [2.05, 4.69) is 18.2 Å². The van der Waals surface area contributed by atoms with Crippen LogP contribution in [-0.4, -0.2) is 6.54 Å². The largest absolute Gasteiger partial charge is 0.330 e. The zero-order valence-electron chi connectivity index (χ0n) is 6.64. The lowest BCUT2D eigenvalue weighted by Crippen LogP contribution is -2.10. The molecule has 1 heteroatoms. The van der Waals surface area contributed by atoms with E-state index < -0.39 is 0 Å². The molecule has 0 saturated carbocycles. The van der Waals surface area contributed by atoms with Gasteiger partial charge in [0.05, 0.1) is 0 Å². The summed E-state index contributed by atoms with van der Waals surface area (Å²) in [6, 6.07) is 6.74. The average Bonchev–Trinajstić information content (AvgIpc) is 1.96. The number of rotatable bonds is 2. The summed E-state index contributed by atoms with van der Waals surface area (Å²) >= 11 is 0. The quantitative estimate of drug-likeness (QED) is 0.670. The van der Waals surface area contributed by atoms with E-state index in [1.54, 1.807) is 0 Å². The molecule has 0 aliphatic heterocycles. The van der Waals surface area contributed by atoms with Crippen molar-refractivity contribution in [3.05, 3.63) is 34.9 Å². The molecular formula is C10H13N. The zero-order chi connectivity index (χ0) is 7.68. The Morgan fingerprint density at radius 3 is 2.55 bits per heavy atom. The molecule has 1 aromatic rings. The Labute approximate surface area is 67.2 Å². The number of benzene rings is 1. The van der Waals surface area contributed by atoms with Crippen LogP contribution in [0.2, 0.25) is 0 Å². The normalized spacial score (nSPS) is 13.9. The maximum absolute atomic E-state index is 5.47. The van der Waals surface area contributed by atoms with Gasteiger partial charge >= 0.3 is 0 Å². The number of hydrogen-bond acceptors (Lipinski definition) is 1. The van der Waals surface area contributed by atoms with Gasteiger partial charge in [0.25, 0.3) is 0 Å². The molecule has 0 unspecified atom stereocenters. The van der Waals surface area contributed by atoms with Crippen LogP contribution in [0, 0.1) is 0 Å². The molecule has 2 N–H and O–H groups in total. The smallest absolute Gasteiger partial charge is 0.00367 e. The van der Waals surface area contributed by atoms with Gasteiger partial charge in [-0.15, -0.1) is 0 Å². The summed E-state index contributed by atoms with van der Waals surface area (Å²) in [5.74, 6) is 0. The maximum atomic E-state index is 5.47. The van der Waals surface area contributed by atoms with Gasteiger partial charge in [-0.05, 0) is 42.5 Å². The zero-order valence-corrected chi connectivity index (χ0v) is 6.64. The highest BCUT2D eigenvalue weighted by Crippen LogP contribution is 2.23. The Kier molecular flexibility index (Phi) is 1.66. The number of aryl methyl sites for hydroxylation is 2. The fourth-order valence-electron chi connectivity index (χ4n) is 1.57. The molecule has 0 spiro atoms. The van der Waals surface area contributed by atoms with Crippen molar-refractivity contribution >= 4 is 0 Å². The Morgan fingerprint density at radius 2 is 2.00 bits per heavy atom. The Bertz CT molecular complexity index is 266. The van der Waals surface area contributed by atoms with Crippen molar-refractivity contribution in [2.75, 3.05) is 6.54 Å². The summed E-state index contributed by atoms with van der Waals surface area (Å²) in [6.45, 7) is 0.763. The summed E-state index contributed by atoms with van der Waals surface area (Å²) in [7, 11) is 0. The molecule has 1 aromatic carbocycles. The van der Waals surface area contributed by atoms with Gasteiger partial charge in [-0.1, -0.05) is 18.2 Å². The van der Waals surface area contributed by atoms with Crippen molar-refractivity contribution in [2.45, 2.75) is 19.3 Å². The SMILES string of the molecule is NCCc1ccc2c(c1)CC2. The molecule has 0 saturated heterocycles. The first-order valence-electron chi connectivity index (χ1n) is 4.21. The Hall–Kier alpha value is -0.820. The first-order valence-corrected chi connectivity index (χ1v) is 4.21. The molecule has 11 heavy (non-hydrogen) atoms. The molecule has 0 fully saturated rings. The van der Waals surface area contributed by atoms with Crippen LogP contribution < -0.4 is 5.73 Å². The van der Waals surface area contributed by atoms with E-state index in [9.17, 15) is 0 Å². The molecule has 0 radical (unpaired) electrons. The Morgan fingerprint density at radius 1 is 1.18 bits per heavy atom. The van der Waals surface area contributed by atoms with E-state index in [-0.39, 0.29) is 0 Å². The third-order valence-electron chi connectivity index (χ3n) is 2.37. The number of nitrogens with two attached hydrogens (primary N) is 1. The van der Waals surface area contributed by atoms with E-state index in [1.165, 1.54) is 29.5 Å². The lowest BCUT2D eigenvalue weighted by molar-refractivity contribution is 0.829. The number of hydrogen-bond donors (Lipinski definition) is 1. The van der Waals surface area contributed by atoms with Gasteiger partial charge < -0.3 is 5.73 Å². The second-order valence-electron chi connectivity index (χ2n) is 3.14. The van der Waals surface area contributed by atoms with Gasteiger partial charge in [0, 0.05) is 0 Å². The highest BCUT2D eigenvalue weighted by atomic mass is 14.5. The van der Waals surface area contributed by atoms with Crippen molar-refractivity contribution in [3.63, 3.8) is 0 Å². The summed E-state index contributed by atoms with van der Waals surface area (Å²) in [6.07, 6.45) is 3.57. The highest BCUT2D eigenvalue weighted by Gasteiger charge is 2.11. The molecule has 2 rings (SSSR count). The summed E-state index contributed by atoms with van der Waals surface area (Å²) in [4.78, 5) is 0. The van der Waals surface area contributed by atoms with Gasteiger partial charge in [0.1, 0.15) is 0 Å². The van der Waals surface area contributed by atoms with Gasteiger partial charge in [0.15, 0.2) is 0 Å². The fraction of sp³-hybridized carbons (Fsp3) is 0.400. The standard InChI is InChI=1S/C10H13N/c11-6-5-8-1-2-9-3-4-10(9)7-8/h1-2,7H,3-6,11H2. The van der Waals surface area contributed by atoms with Crippen molar-refractivity contribution < 1.29 is 0 Å². The highest BCUT2D eigenvalue weighted by molar-refractivity contribution is 5.38. The van der Waals surface area contributed by atoms with Gasteiger partial charge in [0.2, 0.25) is 0 Å². The van der Waals surface area contributed by atoms with Gasteiger partial charge in [-0.3, -0.25) is 0 Å². The fourth-order valence-corrected chi connectivity index (χ4v) is 1.57. The van der Waals surface area contributed by atoms with Crippen molar-refractivity contribution in [1.29, 1.82) is 0 Å². The van der Waals surface area contributed by atoms with E-state index in [0.29, 0.717) is 0 Å². The Balaban J connectivity index is 2.24. The molecule has 58 valence electrons. The topological polar surface area (TPSA) is 26.0 Å². The van der Waals surface area contributed by atoms with E-state index in [1.807, 2.05) is 0 Å². The van der Waals surface area contributed by atoms with Crippen LogP contribution in [-0.2, 0) is 19.3 Å². The summed E-state index contributed by atoms with van der Waals surface area (Å²) in [5, 5.41) is 0. The summed E-state index contributed by atoms with van der Waals surface area (Å²) < 4.78 is 0. The van der Waals surface area contributed by atoms with Crippen LogP contribution in [0.25, 0.3) is 0 Å². The minimum absolute atomic E-state index is 0.763. The molecule has 0 atom stereocenters. The van der Waals surface area contributed by atoms with E-state index in [4.69, 9.17) is 5.73 Å². The van der Waals surface area contributed by atoms with Crippen molar-refractivity contribution in [2.24, 2.45) is 5.73 Å². The van der Waals surface area contributed by atoms with Gasteiger partial charge in [-0.25, -0.2) is 0 Å². The predicted octanol–water partition coefficient (Wildman–Crippen LogP) is 1.29. The lowest BCUT2D eigenvalue weighted by Gasteiger charge is -2.19. The molecule has 0 bridgehead atoms. The van der Waals surface area contributed by atoms with Crippen molar-refractivity contribution in [1.82, 2.24) is 0 Å². The molecule has 1 nitrogen and oxygen atoms in total. The minimum atomic E-state index is 0.763. The summed E-state index contributed by atoms with van der Waals surface area (Å²) in [5.41, 5.74) is 9.93. The van der Waals surface area contributed by atoms with Crippen LogP contribution in [0.15, 0.2) is 18.2 Å². The third kappa shape index (κ3) is 1.16. The van der Waals surface area contributed by atoms with E-state index in [0.717, 1.165) is 13.0 Å². The molecule has 1 aliphatic carbocycles. The van der Waals surface area contributed by atoms with Crippen LogP contribution in [0.3, 0.4) is 0 Å². The second-order valence-corrected chi connectivity index (χ2v) is 3.14. The monoisotopic (exact) mass is 147 g/mol. The lowest BCUT2D eigenvalue weighted by atomic mass is 9.87. The van der Waals surface area contributed by atoms with Crippen LogP contribution >= 0.6 is 0 Å². The molecule has 0 amide bonds. The maximum Gasteiger partial charge on any atom is -0.00367 e. The third-order valence-corrected chi connectivity index (χ3v) is 2.37. The van der Waals surface area contributed by atoms with Crippen LogP contribution in [0.4, 0.5) is 0 Å². The van der Waals surface area contributed by atoms with Gasteiger partial charge in [-0.2, -0.15) is 0 Å². The van der Waals surface area contributed by atoms with Crippen molar-refractivity contribution in [3.8, 4) is 0 Å². The first-order chi connectivity index (χ1) is 5.40. The van der Waals surface area contributed by atoms with Crippen LogP contribution in [0.1, 0.15) is 16.7 Å². The predicted molar refractivity (Wildman–Crippen MR) is 46.6 cm³/mol. The first kappa shape index (κ1) is 6.86. The molecular weight excluding hydrogens is 134 g/mol. The minimum Gasteiger partial charge on any atom is -0.330 e. The van der Waals surface area contributed by atoms with E-state index >= 15 is 0 Å². The molecule has 1 aliphatic rings. The molecule has 0 aromatic heterocycles. The average molecular weight is 147 g/mol.